The van der Waals surface area contributed by atoms with Gasteiger partial charge in [0.1, 0.15) is 0 Å². The molecule has 0 aromatic heterocycles. The monoisotopic (exact) mass is 235 g/mol. The van der Waals surface area contributed by atoms with Gasteiger partial charge in [0.2, 0.25) is 0 Å². The Hall–Kier alpha value is -0.630. The largest absolute Gasteiger partial charge is 0.317 e. The predicted molar refractivity (Wildman–Crippen MR) is 71.0 cm³/mol. The molecule has 96 valence electrons. The van der Waals surface area contributed by atoms with E-state index in [0.717, 1.165) is 57.2 Å². The molecule has 0 spiro atoms. The first-order valence-corrected chi connectivity index (χ1v) is 7.23. The zero-order valence-electron chi connectivity index (χ0n) is 11.1. The highest BCUT2D eigenvalue weighted by Crippen LogP contribution is 2.39. The van der Waals surface area contributed by atoms with Gasteiger partial charge in [0.25, 0.3) is 0 Å². The number of carbonyl (C=O) groups is 1. The highest BCUT2D eigenvalue weighted by molar-refractivity contribution is 6.00. The number of ketones is 1. The molecule has 2 rings (SSSR count). The zero-order valence-corrected chi connectivity index (χ0v) is 11.1. The van der Waals surface area contributed by atoms with Gasteiger partial charge in [-0.2, -0.15) is 0 Å². The number of rotatable bonds is 4. The molecule has 1 aliphatic carbocycles. The molecule has 2 nitrogen and oxygen atoms in total. The Labute approximate surface area is 105 Å². The van der Waals surface area contributed by atoms with E-state index in [0.29, 0.717) is 5.78 Å². The van der Waals surface area contributed by atoms with Crippen LogP contribution in [-0.2, 0) is 4.79 Å². The normalized spacial score (nSPS) is 24.2. The molecule has 2 heteroatoms. The topological polar surface area (TPSA) is 29.1 Å². The second-order valence-electron chi connectivity index (χ2n) is 5.58. The van der Waals surface area contributed by atoms with Crippen LogP contribution in [0.15, 0.2) is 11.6 Å². The number of allylic oxidation sites excluding steroid dienone is 2. The van der Waals surface area contributed by atoms with Crippen LogP contribution < -0.4 is 5.32 Å². The van der Waals surface area contributed by atoms with E-state index in [1.165, 1.54) is 12.8 Å². The van der Waals surface area contributed by atoms with Crippen molar-refractivity contribution in [2.24, 2.45) is 5.41 Å². The van der Waals surface area contributed by atoms with Crippen LogP contribution in [0.3, 0.4) is 0 Å². The lowest BCUT2D eigenvalue weighted by Crippen LogP contribution is -2.42. The second kappa shape index (κ2) is 5.81. The van der Waals surface area contributed by atoms with Crippen LogP contribution in [-0.4, -0.2) is 18.9 Å². The number of piperidine rings is 1. The maximum absolute atomic E-state index is 12.8. The van der Waals surface area contributed by atoms with Gasteiger partial charge in [0.15, 0.2) is 5.78 Å². The molecule has 0 bridgehead atoms. The Morgan fingerprint density at radius 3 is 2.71 bits per heavy atom. The molecular formula is C15H25NO. The van der Waals surface area contributed by atoms with Crippen molar-refractivity contribution in [3.05, 3.63) is 11.6 Å². The summed E-state index contributed by atoms with van der Waals surface area (Å²) in [5, 5.41) is 3.38. The van der Waals surface area contributed by atoms with Gasteiger partial charge < -0.3 is 5.32 Å². The number of Topliss-reactive ketones (excluding diaryl/α,β-unsaturated/α-hetero) is 1. The molecule has 0 aromatic carbocycles. The molecule has 0 radical (unpaired) electrons. The molecule has 0 amide bonds. The summed E-state index contributed by atoms with van der Waals surface area (Å²) in [7, 11) is 0. The smallest absolute Gasteiger partial charge is 0.164 e. The Morgan fingerprint density at radius 1 is 1.35 bits per heavy atom. The fourth-order valence-electron chi connectivity index (χ4n) is 3.36. The minimum Gasteiger partial charge on any atom is -0.317 e. The Balaban J connectivity index is 2.14. The number of carbonyl (C=O) groups excluding carboxylic acids is 1. The summed E-state index contributed by atoms with van der Waals surface area (Å²) in [6, 6.07) is 0. The molecule has 1 heterocycles. The molecule has 1 saturated heterocycles. The lowest BCUT2D eigenvalue weighted by atomic mass is 9.69. The van der Waals surface area contributed by atoms with Crippen molar-refractivity contribution in [3.63, 3.8) is 0 Å². The van der Waals surface area contributed by atoms with Gasteiger partial charge in [-0.15, -0.1) is 0 Å². The van der Waals surface area contributed by atoms with E-state index in [2.05, 4.69) is 18.3 Å². The average molecular weight is 235 g/mol. The van der Waals surface area contributed by atoms with Gasteiger partial charge in [0.05, 0.1) is 0 Å². The summed E-state index contributed by atoms with van der Waals surface area (Å²) in [5.41, 5.74) is 1.12. The van der Waals surface area contributed by atoms with Crippen molar-refractivity contribution in [2.45, 2.75) is 58.3 Å². The molecule has 0 atom stereocenters. The minimum atomic E-state index is -0.0246. The van der Waals surface area contributed by atoms with Gasteiger partial charge in [0, 0.05) is 5.41 Å². The quantitative estimate of drug-likeness (QED) is 0.810. The molecular weight excluding hydrogens is 210 g/mol. The lowest BCUT2D eigenvalue weighted by Gasteiger charge is -2.37. The van der Waals surface area contributed by atoms with E-state index in [9.17, 15) is 4.79 Å². The summed E-state index contributed by atoms with van der Waals surface area (Å²) in [6.07, 6.45) is 11.1. The van der Waals surface area contributed by atoms with Gasteiger partial charge in [-0.25, -0.2) is 0 Å². The van der Waals surface area contributed by atoms with E-state index in [1.807, 2.05) is 0 Å². The molecule has 17 heavy (non-hydrogen) atoms. The molecule has 0 unspecified atom stereocenters. The van der Waals surface area contributed by atoms with Crippen LogP contribution in [0.4, 0.5) is 0 Å². The number of nitrogens with one attached hydrogen (secondary N) is 1. The van der Waals surface area contributed by atoms with Crippen LogP contribution >= 0.6 is 0 Å². The van der Waals surface area contributed by atoms with E-state index in [-0.39, 0.29) is 5.41 Å². The van der Waals surface area contributed by atoms with E-state index < -0.39 is 0 Å². The number of hydrogen-bond donors (Lipinski definition) is 1. The van der Waals surface area contributed by atoms with Crippen LogP contribution in [0.25, 0.3) is 0 Å². The summed E-state index contributed by atoms with van der Waals surface area (Å²) >= 11 is 0. The predicted octanol–water partition coefficient (Wildman–Crippen LogP) is 3.23. The second-order valence-corrected chi connectivity index (χ2v) is 5.58. The number of hydrogen-bond acceptors (Lipinski definition) is 2. The van der Waals surface area contributed by atoms with Crippen molar-refractivity contribution < 1.29 is 4.79 Å². The maximum Gasteiger partial charge on any atom is 0.164 e. The fourth-order valence-corrected chi connectivity index (χ4v) is 3.36. The SMILES string of the molecule is CCCC1(C(=O)C2=CCCCC2)CCNCC1. The molecule has 0 saturated carbocycles. The third-order valence-electron chi connectivity index (χ3n) is 4.35. The van der Waals surface area contributed by atoms with Crippen molar-refractivity contribution >= 4 is 5.78 Å². The highest BCUT2D eigenvalue weighted by Gasteiger charge is 2.39. The van der Waals surface area contributed by atoms with E-state index in [1.54, 1.807) is 0 Å². The molecule has 1 fully saturated rings. The van der Waals surface area contributed by atoms with Crippen molar-refractivity contribution in [2.75, 3.05) is 13.1 Å². The van der Waals surface area contributed by atoms with Crippen molar-refractivity contribution in [1.29, 1.82) is 0 Å². The van der Waals surface area contributed by atoms with Crippen LogP contribution in [0.1, 0.15) is 58.3 Å². The van der Waals surface area contributed by atoms with Crippen molar-refractivity contribution in [3.8, 4) is 0 Å². The average Bonchev–Trinajstić information content (AvgIpc) is 2.40. The fraction of sp³-hybridized carbons (Fsp3) is 0.800. The summed E-state index contributed by atoms with van der Waals surface area (Å²) in [6.45, 7) is 4.23. The Bertz CT molecular complexity index is 295. The van der Waals surface area contributed by atoms with Crippen LogP contribution in [0, 0.1) is 5.41 Å². The lowest BCUT2D eigenvalue weighted by molar-refractivity contribution is -0.127. The van der Waals surface area contributed by atoms with E-state index in [4.69, 9.17) is 0 Å². The molecule has 1 N–H and O–H groups in total. The molecule has 0 aromatic rings. The standard InChI is InChI=1S/C15H25NO/c1-2-8-15(9-11-16-12-10-15)14(17)13-6-4-3-5-7-13/h6,16H,2-5,7-12H2,1H3. The third-order valence-corrected chi connectivity index (χ3v) is 4.35. The summed E-state index contributed by atoms with van der Waals surface area (Å²) < 4.78 is 0. The maximum atomic E-state index is 12.8. The van der Waals surface area contributed by atoms with Gasteiger partial charge in [-0.3, -0.25) is 4.79 Å². The van der Waals surface area contributed by atoms with Crippen LogP contribution in [0.2, 0.25) is 0 Å². The minimum absolute atomic E-state index is 0.0246. The van der Waals surface area contributed by atoms with Crippen LogP contribution in [0.5, 0.6) is 0 Å². The van der Waals surface area contributed by atoms with Crippen molar-refractivity contribution in [1.82, 2.24) is 5.32 Å². The third kappa shape index (κ3) is 2.79. The zero-order chi connectivity index (χ0) is 12.1. The first-order chi connectivity index (χ1) is 8.28. The molecule has 1 aliphatic heterocycles. The van der Waals surface area contributed by atoms with E-state index >= 15 is 0 Å². The summed E-state index contributed by atoms with van der Waals surface area (Å²) in [5.74, 6) is 0.487. The van der Waals surface area contributed by atoms with Gasteiger partial charge >= 0.3 is 0 Å². The highest BCUT2D eigenvalue weighted by atomic mass is 16.1. The molecule has 2 aliphatic rings. The first kappa shape index (κ1) is 12.8. The van der Waals surface area contributed by atoms with Gasteiger partial charge in [-0.1, -0.05) is 19.4 Å². The van der Waals surface area contributed by atoms with Gasteiger partial charge in [-0.05, 0) is 63.6 Å². The summed E-state index contributed by atoms with van der Waals surface area (Å²) in [4.78, 5) is 12.8. The Morgan fingerprint density at radius 2 is 2.12 bits per heavy atom. The first-order valence-electron chi connectivity index (χ1n) is 7.23. The Kier molecular flexibility index (Phi) is 4.38.